The summed E-state index contributed by atoms with van der Waals surface area (Å²) >= 11 is 0. The van der Waals surface area contributed by atoms with E-state index >= 15 is 0 Å². The first-order chi connectivity index (χ1) is 6.99. The molecule has 0 atom stereocenters. The number of carbonyl (C=O) groups is 1. The van der Waals surface area contributed by atoms with Crippen LogP contribution in [0, 0.1) is 11.8 Å². The third-order valence-corrected chi connectivity index (χ3v) is 1.63. The summed E-state index contributed by atoms with van der Waals surface area (Å²) in [5, 5.41) is 11.3. The first kappa shape index (κ1) is 11.6. The van der Waals surface area contributed by atoms with E-state index in [0.717, 1.165) is 0 Å². The maximum Gasteiger partial charge on any atom is 0.363 e. The van der Waals surface area contributed by atoms with Crippen molar-refractivity contribution in [1.29, 1.82) is 0 Å². The van der Waals surface area contributed by atoms with Crippen molar-refractivity contribution in [2.45, 2.75) is 34.2 Å². The zero-order valence-electron chi connectivity index (χ0n) is 9.47. The van der Waals surface area contributed by atoms with Crippen LogP contribution in [0.3, 0.4) is 0 Å². The molecule has 0 bridgehead atoms. The highest BCUT2D eigenvalue weighted by Crippen LogP contribution is 2.04. The van der Waals surface area contributed by atoms with Crippen molar-refractivity contribution in [2.75, 3.05) is 0 Å². The van der Waals surface area contributed by atoms with Crippen LogP contribution in [-0.4, -0.2) is 26.2 Å². The molecule has 1 rings (SSSR count). The first-order valence-electron chi connectivity index (χ1n) is 4.98. The summed E-state index contributed by atoms with van der Waals surface area (Å²) in [6, 6.07) is 0.0225. The first-order valence-corrected chi connectivity index (χ1v) is 4.98. The van der Waals surface area contributed by atoms with E-state index in [1.807, 2.05) is 13.8 Å². The van der Waals surface area contributed by atoms with Crippen LogP contribution in [-0.2, 0) is 11.3 Å². The highest BCUT2D eigenvalue weighted by atomic mass is 16.6. The molecule has 0 radical (unpaired) electrons. The third kappa shape index (κ3) is 3.65. The molecule has 0 saturated carbocycles. The van der Waals surface area contributed by atoms with Crippen molar-refractivity contribution >= 4 is 5.97 Å². The SMILES string of the molecule is CC(C)Cn1nnc(OC(=O)C(C)C)n1. The lowest BCUT2D eigenvalue weighted by molar-refractivity contribution is -0.138. The molecule has 1 aromatic rings. The number of aromatic nitrogens is 4. The Hall–Kier alpha value is -1.46. The molecule has 0 saturated heterocycles. The van der Waals surface area contributed by atoms with Gasteiger partial charge in [-0.3, -0.25) is 4.79 Å². The molecule has 15 heavy (non-hydrogen) atoms. The van der Waals surface area contributed by atoms with Crippen molar-refractivity contribution in [1.82, 2.24) is 20.2 Å². The fourth-order valence-electron chi connectivity index (χ4n) is 0.881. The fourth-order valence-corrected chi connectivity index (χ4v) is 0.881. The van der Waals surface area contributed by atoms with Crippen LogP contribution in [0.1, 0.15) is 27.7 Å². The average molecular weight is 212 g/mol. The van der Waals surface area contributed by atoms with E-state index in [-0.39, 0.29) is 17.9 Å². The number of tetrazole rings is 1. The maximum absolute atomic E-state index is 11.2. The normalized spacial score (nSPS) is 11.1. The van der Waals surface area contributed by atoms with Gasteiger partial charge in [-0.2, -0.15) is 4.80 Å². The summed E-state index contributed by atoms with van der Waals surface area (Å²) in [7, 11) is 0. The summed E-state index contributed by atoms with van der Waals surface area (Å²) < 4.78 is 4.89. The summed E-state index contributed by atoms with van der Waals surface area (Å²) in [6.45, 7) is 8.25. The quantitative estimate of drug-likeness (QED) is 0.693. The van der Waals surface area contributed by atoms with Gasteiger partial charge in [-0.15, -0.1) is 0 Å². The van der Waals surface area contributed by atoms with Crippen molar-refractivity contribution in [2.24, 2.45) is 11.8 Å². The number of esters is 1. The number of rotatable bonds is 4. The van der Waals surface area contributed by atoms with E-state index in [1.54, 1.807) is 13.8 Å². The predicted octanol–water partition coefficient (Wildman–Crippen LogP) is 0.890. The van der Waals surface area contributed by atoms with Gasteiger partial charge in [-0.25, -0.2) is 0 Å². The van der Waals surface area contributed by atoms with Gasteiger partial charge in [-0.1, -0.05) is 37.9 Å². The monoisotopic (exact) mass is 212 g/mol. The van der Waals surface area contributed by atoms with Crippen molar-refractivity contribution in [3.63, 3.8) is 0 Å². The second-order valence-corrected chi connectivity index (χ2v) is 4.10. The van der Waals surface area contributed by atoms with Gasteiger partial charge in [-0.05, 0) is 11.1 Å². The van der Waals surface area contributed by atoms with Crippen LogP contribution in [0.5, 0.6) is 6.01 Å². The Labute approximate surface area is 88.6 Å². The topological polar surface area (TPSA) is 69.9 Å². The third-order valence-electron chi connectivity index (χ3n) is 1.63. The van der Waals surface area contributed by atoms with Crippen LogP contribution < -0.4 is 4.74 Å². The lowest BCUT2D eigenvalue weighted by atomic mass is 10.2. The minimum Gasteiger partial charge on any atom is -0.388 e. The molecule has 1 aromatic heterocycles. The van der Waals surface area contributed by atoms with Crippen molar-refractivity contribution < 1.29 is 9.53 Å². The van der Waals surface area contributed by atoms with Crippen LogP contribution in [0.4, 0.5) is 0 Å². The van der Waals surface area contributed by atoms with E-state index in [4.69, 9.17) is 4.74 Å². The Balaban J connectivity index is 2.56. The number of hydrogen-bond acceptors (Lipinski definition) is 5. The number of ether oxygens (including phenoxy) is 1. The van der Waals surface area contributed by atoms with Crippen LogP contribution in [0.15, 0.2) is 0 Å². The predicted molar refractivity (Wildman–Crippen MR) is 53.1 cm³/mol. The molecule has 0 unspecified atom stereocenters. The molecule has 0 fully saturated rings. The summed E-state index contributed by atoms with van der Waals surface area (Å²) in [5.41, 5.74) is 0. The highest BCUT2D eigenvalue weighted by Gasteiger charge is 2.13. The number of carbonyl (C=O) groups excluding carboxylic acids is 1. The minimum atomic E-state index is -0.348. The molecule has 6 nitrogen and oxygen atoms in total. The maximum atomic E-state index is 11.2. The van der Waals surface area contributed by atoms with Gasteiger partial charge in [0, 0.05) is 0 Å². The largest absolute Gasteiger partial charge is 0.388 e. The van der Waals surface area contributed by atoms with Crippen molar-refractivity contribution in [3.05, 3.63) is 0 Å². The summed E-state index contributed by atoms with van der Waals surface area (Å²) in [5.74, 6) is -0.117. The van der Waals surface area contributed by atoms with E-state index in [1.165, 1.54) is 4.80 Å². The Morgan fingerprint density at radius 3 is 2.60 bits per heavy atom. The molecular weight excluding hydrogens is 196 g/mol. The molecule has 0 aliphatic rings. The van der Waals surface area contributed by atoms with Gasteiger partial charge in [0.25, 0.3) is 0 Å². The Bertz CT molecular complexity index is 333. The van der Waals surface area contributed by atoms with Gasteiger partial charge >= 0.3 is 12.0 Å². The van der Waals surface area contributed by atoms with E-state index in [0.29, 0.717) is 12.5 Å². The summed E-state index contributed by atoms with van der Waals surface area (Å²) in [6.07, 6.45) is 0. The van der Waals surface area contributed by atoms with Crippen LogP contribution in [0.2, 0.25) is 0 Å². The minimum absolute atomic E-state index is 0.0225. The van der Waals surface area contributed by atoms with Gasteiger partial charge in [0.15, 0.2) is 0 Å². The van der Waals surface area contributed by atoms with E-state index in [9.17, 15) is 4.79 Å². The highest BCUT2D eigenvalue weighted by molar-refractivity contribution is 5.73. The molecule has 0 amide bonds. The molecule has 0 spiro atoms. The second kappa shape index (κ2) is 4.86. The number of hydrogen-bond donors (Lipinski definition) is 0. The molecule has 0 aromatic carbocycles. The lowest BCUT2D eigenvalue weighted by Crippen LogP contribution is -2.15. The lowest BCUT2D eigenvalue weighted by Gasteiger charge is -2.01. The van der Waals surface area contributed by atoms with Gasteiger partial charge in [0.1, 0.15) is 0 Å². The molecule has 0 N–H and O–H groups in total. The average Bonchev–Trinajstić information content (AvgIpc) is 2.51. The molecule has 0 aliphatic carbocycles. The molecule has 84 valence electrons. The number of nitrogens with zero attached hydrogens (tertiary/aromatic N) is 4. The summed E-state index contributed by atoms with van der Waals surface area (Å²) in [4.78, 5) is 12.6. The fraction of sp³-hybridized carbons (Fsp3) is 0.778. The zero-order chi connectivity index (χ0) is 11.4. The Kier molecular flexibility index (Phi) is 3.76. The zero-order valence-corrected chi connectivity index (χ0v) is 9.47. The standard InChI is InChI=1S/C9H16N4O2/c1-6(2)5-13-11-9(10-12-13)15-8(14)7(3)4/h6-7H,5H2,1-4H3. The van der Waals surface area contributed by atoms with Crippen LogP contribution >= 0.6 is 0 Å². The van der Waals surface area contributed by atoms with Crippen LogP contribution in [0.25, 0.3) is 0 Å². The smallest absolute Gasteiger partial charge is 0.363 e. The molecule has 6 heteroatoms. The van der Waals surface area contributed by atoms with Gasteiger partial charge in [0.05, 0.1) is 12.5 Å². The van der Waals surface area contributed by atoms with Gasteiger partial charge in [0.2, 0.25) is 0 Å². The second-order valence-electron chi connectivity index (χ2n) is 4.10. The van der Waals surface area contributed by atoms with E-state index < -0.39 is 0 Å². The van der Waals surface area contributed by atoms with Crippen molar-refractivity contribution in [3.8, 4) is 6.01 Å². The Morgan fingerprint density at radius 2 is 2.07 bits per heavy atom. The Morgan fingerprint density at radius 1 is 1.40 bits per heavy atom. The molecule has 0 aliphatic heterocycles. The molecule has 1 heterocycles. The van der Waals surface area contributed by atoms with E-state index in [2.05, 4.69) is 15.4 Å². The van der Waals surface area contributed by atoms with Gasteiger partial charge < -0.3 is 4.74 Å². The molecular formula is C9H16N4O2.